The third-order valence-electron chi connectivity index (χ3n) is 8.04. The molecule has 0 fully saturated rings. The van der Waals surface area contributed by atoms with Crippen LogP contribution in [0, 0.1) is 0 Å². The van der Waals surface area contributed by atoms with E-state index in [2.05, 4.69) is 108 Å². The van der Waals surface area contributed by atoms with Gasteiger partial charge in [-0.2, -0.15) is 0 Å². The summed E-state index contributed by atoms with van der Waals surface area (Å²) in [5.41, 5.74) is 6.91. The molecule has 4 aromatic carbocycles. The highest BCUT2D eigenvalue weighted by Gasteiger charge is 2.23. The molecule has 7 heteroatoms. The van der Waals surface area contributed by atoms with Crippen LogP contribution in [0.2, 0.25) is 0 Å². The highest BCUT2D eigenvalue weighted by Crippen LogP contribution is 2.35. The summed E-state index contributed by atoms with van der Waals surface area (Å²) in [5.74, 6) is 3.52. The first-order chi connectivity index (χ1) is 22.1. The van der Waals surface area contributed by atoms with E-state index < -0.39 is 0 Å². The zero-order valence-electron chi connectivity index (χ0n) is 26.4. The highest BCUT2D eigenvalue weighted by molar-refractivity contribution is 7.98. The van der Waals surface area contributed by atoms with Gasteiger partial charge in [0.1, 0.15) is 11.6 Å². The molecule has 6 nitrogen and oxygen atoms in total. The van der Waals surface area contributed by atoms with E-state index in [1.807, 2.05) is 19.1 Å². The normalized spacial score (nSPS) is 12.2. The summed E-state index contributed by atoms with van der Waals surface area (Å²) in [6.45, 7) is 8.29. The molecule has 0 bridgehead atoms. The third kappa shape index (κ3) is 7.38. The number of unbranched alkanes of at least 4 members (excludes halogenated alkanes) is 1. The predicted molar refractivity (Wildman–Crippen MR) is 183 cm³/mol. The van der Waals surface area contributed by atoms with Gasteiger partial charge in [-0.3, -0.25) is 4.90 Å². The lowest BCUT2D eigenvalue weighted by Crippen LogP contribution is -2.24. The number of thioether (sulfide) groups is 1. The van der Waals surface area contributed by atoms with Crippen LogP contribution in [-0.4, -0.2) is 34.1 Å². The van der Waals surface area contributed by atoms with E-state index in [9.17, 15) is 0 Å². The molecule has 2 heterocycles. The molecular formula is C38H41N3O3S. The van der Waals surface area contributed by atoms with Crippen molar-refractivity contribution >= 4 is 11.8 Å². The molecule has 1 aliphatic heterocycles. The molecule has 1 aliphatic rings. The van der Waals surface area contributed by atoms with Crippen molar-refractivity contribution in [3.63, 3.8) is 0 Å². The fourth-order valence-electron chi connectivity index (χ4n) is 5.83. The third-order valence-corrected chi connectivity index (χ3v) is 8.78. The van der Waals surface area contributed by atoms with Crippen LogP contribution >= 0.6 is 11.8 Å². The maximum atomic E-state index is 5.86. The Hall–Kier alpha value is -4.20. The van der Waals surface area contributed by atoms with Gasteiger partial charge in [0.15, 0.2) is 11.5 Å². The van der Waals surface area contributed by atoms with Crippen molar-refractivity contribution in [1.82, 2.24) is 14.5 Å². The van der Waals surface area contributed by atoms with Crippen molar-refractivity contribution in [2.45, 2.75) is 57.8 Å². The van der Waals surface area contributed by atoms with Gasteiger partial charge in [-0.15, -0.1) is 11.8 Å². The van der Waals surface area contributed by atoms with Gasteiger partial charge < -0.3 is 18.8 Å². The lowest BCUT2D eigenvalue weighted by molar-refractivity contribution is 0.174. The molecule has 0 N–H and O–H groups in total. The molecule has 0 saturated heterocycles. The predicted octanol–water partition coefficient (Wildman–Crippen LogP) is 9.07. The summed E-state index contributed by atoms with van der Waals surface area (Å²) in [6.07, 6.45) is 4.29. The molecule has 0 saturated carbocycles. The van der Waals surface area contributed by atoms with Gasteiger partial charge in [-0.25, -0.2) is 4.98 Å². The van der Waals surface area contributed by atoms with Crippen LogP contribution < -0.4 is 14.2 Å². The molecular weight excluding hydrogens is 579 g/mol. The van der Waals surface area contributed by atoms with Crippen molar-refractivity contribution in [2.24, 2.45) is 0 Å². The first-order valence-electron chi connectivity index (χ1n) is 15.8. The number of nitrogens with zero attached hydrogens (tertiary/aromatic N) is 3. The number of hydrogen-bond donors (Lipinski definition) is 0. The Kier molecular flexibility index (Phi) is 10.1. The van der Waals surface area contributed by atoms with Crippen LogP contribution in [-0.2, 0) is 26.2 Å². The Balaban J connectivity index is 1.44. The first kappa shape index (κ1) is 30.8. The second kappa shape index (κ2) is 14.7. The molecule has 1 aromatic heterocycles. The Morgan fingerprint density at radius 1 is 0.800 bits per heavy atom. The fourth-order valence-corrected chi connectivity index (χ4v) is 6.24. The zero-order chi connectivity index (χ0) is 31.0. The van der Waals surface area contributed by atoms with Gasteiger partial charge >= 0.3 is 0 Å². The van der Waals surface area contributed by atoms with E-state index in [0.717, 1.165) is 78.9 Å². The number of aromatic nitrogens is 2. The summed E-state index contributed by atoms with van der Waals surface area (Å²) in [6, 6.07) is 34.1. The Morgan fingerprint density at radius 2 is 1.58 bits per heavy atom. The summed E-state index contributed by atoms with van der Waals surface area (Å²) in [7, 11) is 0. The van der Waals surface area contributed by atoms with Gasteiger partial charge in [-0.05, 0) is 67.1 Å². The molecule has 0 unspecified atom stereocenters. The number of benzene rings is 4. The molecule has 0 aliphatic carbocycles. The average molecular weight is 620 g/mol. The lowest BCUT2D eigenvalue weighted by atomic mass is 10.1. The van der Waals surface area contributed by atoms with Crippen LogP contribution in [0.15, 0.2) is 102 Å². The topological polar surface area (TPSA) is 48.8 Å². The minimum atomic E-state index is 0.268. The van der Waals surface area contributed by atoms with Crippen molar-refractivity contribution < 1.29 is 14.2 Å². The van der Waals surface area contributed by atoms with Gasteiger partial charge in [0.25, 0.3) is 0 Å². The van der Waals surface area contributed by atoms with Crippen LogP contribution in [0.25, 0.3) is 22.6 Å². The summed E-state index contributed by atoms with van der Waals surface area (Å²) < 4.78 is 19.7. The molecule has 0 radical (unpaired) electrons. The quantitative estimate of drug-likeness (QED) is 0.116. The fraction of sp³-hybridized carbons (Fsp3) is 0.289. The smallest absolute Gasteiger partial charge is 0.231 e. The van der Waals surface area contributed by atoms with E-state index in [0.29, 0.717) is 6.61 Å². The van der Waals surface area contributed by atoms with Gasteiger partial charge in [-0.1, -0.05) is 74.0 Å². The molecule has 0 spiro atoms. The number of ether oxygens (including phenoxy) is 3. The van der Waals surface area contributed by atoms with Gasteiger partial charge in [0, 0.05) is 42.2 Å². The number of hydrogen-bond acceptors (Lipinski definition) is 6. The van der Waals surface area contributed by atoms with E-state index in [4.69, 9.17) is 19.2 Å². The highest BCUT2D eigenvalue weighted by atomic mass is 32.2. The van der Waals surface area contributed by atoms with Crippen molar-refractivity contribution in [1.29, 1.82) is 0 Å². The van der Waals surface area contributed by atoms with E-state index in [-0.39, 0.29) is 6.79 Å². The van der Waals surface area contributed by atoms with Crippen LogP contribution in [0.3, 0.4) is 0 Å². The summed E-state index contributed by atoms with van der Waals surface area (Å²) in [5, 5.41) is 0. The summed E-state index contributed by atoms with van der Waals surface area (Å²) in [4.78, 5) is 9.12. The summed E-state index contributed by atoms with van der Waals surface area (Å²) >= 11 is 1.76. The second-order valence-electron chi connectivity index (χ2n) is 11.2. The molecule has 45 heavy (non-hydrogen) atoms. The van der Waals surface area contributed by atoms with Crippen LogP contribution in [0.1, 0.15) is 43.5 Å². The van der Waals surface area contributed by atoms with Crippen molar-refractivity contribution in [2.75, 3.05) is 19.7 Å². The Labute approximate surface area is 271 Å². The molecule has 5 aromatic rings. The molecule has 6 rings (SSSR count). The minimum Gasteiger partial charge on any atom is -0.494 e. The molecule has 0 amide bonds. The zero-order valence-corrected chi connectivity index (χ0v) is 27.2. The van der Waals surface area contributed by atoms with E-state index in [1.54, 1.807) is 11.8 Å². The largest absolute Gasteiger partial charge is 0.494 e. The SMILES string of the molecule is CCCCn1c(-c2ccccc2)nc(-c2ccc(SC)cc2)c1CN(Cc1cccc(OCC)c1)Cc1ccc2c(c1)OCO2. The number of rotatable bonds is 14. The van der Waals surface area contributed by atoms with Crippen LogP contribution in [0.4, 0.5) is 0 Å². The molecule has 232 valence electrons. The van der Waals surface area contributed by atoms with Crippen molar-refractivity contribution in [3.8, 4) is 39.9 Å². The maximum absolute atomic E-state index is 5.86. The van der Waals surface area contributed by atoms with Crippen molar-refractivity contribution in [3.05, 3.63) is 114 Å². The monoisotopic (exact) mass is 619 g/mol. The number of imidazole rings is 1. The Morgan fingerprint density at radius 3 is 2.33 bits per heavy atom. The average Bonchev–Trinajstić information content (AvgIpc) is 3.69. The molecule has 0 atom stereocenters. The lowest BCUT2D eigenvalue weighted by Gasteiger charge is -2.25. The van der Waals surface area contributed by atoms with Gasteiger partial charge in [0.2, 0.25) is 6.79 Å². The van der Waals surface area contributed by atoms with E-state index >= 15 is 0 Å². The minimum absolute atomic E-state index is 0.268. The first-order valence-corrected chi connectivity index (χ1v) is 17.0. The second-order valence-corrected chi connectivity index (χ2v) is 12.1. The van der Waals surface area contributed by atoms with Crippen LogP contribution in [0.5, 0.6) is 17.2 Å². The van der Waals surface area contributed by atoms with Gasteiger partial charge in [0.05, 0.1) is 18.0 Å². The maximum Gasteiger partial charge on any atom is 0.231 e. The Bertz CT molecular complexity index is 1700. The number of fused-ring (bicyclic) bond motifs is 1. The standard InChI is InChI=1S/C38H41N3O3S/c1-4-6-21-41-34(37(30-16-18-33(45-3)19-17-30)39-38(41)31-12-8-7-9-13-31)26-40(24-28-11-10-14-32(22-28)42-5-2)25-29-15-20-35-36(23-29)44-27-43-35/h7-20,22-23H,4-6,21,24-27H2,1-3H3. The van der Waals surface area contributed by atoms with E-state index in [1.165, 1.54) is 21.7 Å².